The van der Waals surface area contributed by atoms with Gasteiger partial charge in [0, 0.05) is 45.9 Å². The standard InChI is InChI=1S/C38H26N4O2/c43-37-35(27-21-23-33(39-25-27)41(29-13-5-1-6-14-29)30-15-7-2-8-16-30)38(44)36(37)28-22-24-34(40-26-28)42(31-17-9-3-10-18-31)32-19-11-4-12-20-32/h1-26H. The van der Waals surface area contributed by atoms with Crippen molar-refractivity contribution in [3.63, 3.8) is 0 Å². The zero-order valence-electron chi connectivity index (χ0n) is 23.6. The number of para-hydroxylation sites is 4. The van der Waals surface area contributed by atoms with Gasteiger partial charge in [-0.05, 0) is 71.7 Å². The predicted molar refractivity (Wildman–Crippen MR) is 175 cm³/mol. The van der Waals surface area contributed by atoms with Crippen LogP contribution in [0, 0.1) is 0 Å². The number of aliphatic imine (C=N–C) groups is 1. The first-order valence-corrected chi connectivity index (χ1v) is 14.3. The second kappa shape index (κ2) is 11.6. The number of anilines is 3. The molecule has 0 saturated carbocycles. The summed E-state index contributed by atoms with van der Waals surface area (Å²) in [7, 11) is 0. The van der Waals surface area contributed by atoms with E-state index in [4.69, 9.17) is 0 Å². The molecule has 1 aromatic heterocycles. The van der Waals surface area contributed by atoms with Crippen LogP contribution in [0.2, 0.25) is 0 Å². The normalized spacial score (nSPS) is 15.7. The number of hydrogen-bond acceptors (Lipinski definition) is 4. The summed E-state index contributed by atoms with van der Waals surface area (Å²) >= 11 is 0. The molecule has 0 saturated heterocycles. The number of aromatic nitrogens is 1. The number of ketones is 1. The Bertz CT molecular complexity index is 1890. The van der Waals surface area contributed by atoms with Gasteiger partial charge in [-0.3, -0.25) is 9.69 Å². The Balaban J connectivity index is 1.20. The molecule has 2 heterocycles. The van der Waals surface area contributed by atoms with Crippen LogP contribution in [0.5, 0.6) is 0 Å². The zero-order chi connectivity index (χ0) is 29.9. The molecule has 0 radical (unpaired) electrons. The molecule has 0 unspecified atom stereocenters. The Labute approximate surface area is 255 Å². The minimum atomic E-state index is -0.301. The molecule has 4 aromatic carbocycles. The monoisotopic (exact) mass is 570 g/mol. The number of nitrogens with zero attached hydrogens (tertiary/aromatic N) is 4. The van der Waals surface area contributed by atoms with Gasteiger partial charge in [0.15, 0.2) is 5.78 Å². The third kappa shape index (κ3) is 4.95. The number of dihydropyridines is 1. The minimum Gasteiger partial charge on any atom is -0.871 e. The number of Topliss-reactive ketones (excluding diaryl/α,β-unsaturated/α-hetero) is 1. The van der Waals surface area contributed by atoms with Gasteiger partial charge >= 0.3 is 5.84 Å². The molecule has 0 atom stereocenters. The van der Waals surface area contributed by atoms with Gasteiger partial charge < -0.3 is 5.11 Å². The van der Waals surface area contributed by atoms with Crippen LogP contribution in [0.3, 0.4) is 0 Å². The van der Waals surface area contributed by atoms with Crippen LogP contribution in [0.1, 0.15) is 5.56 Å². The first kappa shape index (κ1) is 26.7. The van der Waals surface area contributed by atoms with Crippen molar-refractivity contribution in [2.75, 3.05) is 4.90 Å². The fraction of sp³-hybridized carbons (Fsp3) is 0. The number of carbonyl (C=O) groups is 1. The van der Waals surface area contributed by atoms with Crippen molar-refractivity contribution in [3.05, 3.63) is 174 Å². The summed E-state index contributed by atoms with van der Waals surface area (Å²) in [6.45, 7) is 0. The fourth-order valence-corrected chi connectivity index (χ4v) is 5.39. The molecule has 6 heteroatoms. The zero-order valence-corrected chi connectivity index (χ0v) is 23.6. The van der Waals surface area contributed by atoms with Gasteiger partial charge in [0.05, 0.1) is 0 Å². The van der Waals surface area contributed by atoms with Gasteiger partial charge in [-0.15, -0.1) is 0 Å². The average molecular weight is 571 g/mol. The van der Waals surface area contributed by atoms with E-state index < -0.39 is 0 Å². The molecule has 0 spiro atoms. The fourth-order valence-electron chi connectivity index (χ4n) is 5.39. The summed E-state index contributed by atoms with van der Waals surface area (Å²) in [6, 6.07) is 43.3. The average Bonchev–Trinajstić information content (AvgIpc) is 3.09. The summed E-state index contributed by atoms with van der Waals surface area (Å²) in [5.74, 6) is 0.753. The summed E-state index contributed by atoms with van der Waals surface area (Å²) < 4.78 is 2.03. The van der Waals surface area contributed by atoms with Crippen LogP contribution in [0.4, 0.5) is 28.6 Å². The third-order valence-corrected chi connectivity index (χ3v) is 7.50. The van der Waals surface area contributed by atoms with Crippen molar-refractivity contribution in [2.45, 2.75) is 0 Å². The van der Waals surface area contributed by atoms with Crippen molar-refractivity contribution in [1.29, 1.82) is 0 Å². The van der Waals surface area contributed by atoms with Crippen LogP contribution in [0.25, 0.3) is 5.57 Å². The largest absolute Gasteiger partial charge is 0.871 e. The van der Waals surface area contributed by atoms with Gasteiger partial charge in [-0.25, -0.2) is 4.98 Å². The van der Waals surface area contributed by atoms with E-state index in [2.05, 4.69) is 9.98 Å². The number of hydrogen-bond donors (Lipinski definition) is 0. The van der Waals surface area contributed by atoms with Crippen molar-refractivity contribution < 1.29 is 9.90 Å². The van der Waals surface area contributed by atoms with Crippen LogP contribution < -0.4 is 14.6 Å². The summed E-state index contributed by atoms with van der Waals surface area (Å²) in [5, 5.41) is 13.3. The first-order valence-electron chi connectivity index (χ1n) is 14.3. The van der Waals surface area contributed by atoms with Crippen LogP contribution >= 0.6 is 0 Å². The van der Waals surface area contributed by atoms with Crippen LogP contribution in [-0.4, -0.2) is 22.8 Å². The molecule has 7 rings (SSSR count). The highest BCUT2D eigenvalue weighted by Gasteiger charge is 2.32. The van der Waals surface area contributed by atoms with Crippen molar-refractivity contribution >= 4 is 52.0 Å². The van der Waals surface area contributed by atoms with E-state index in [-0.39, 0.29) is 22.7 Å². The molecule has 6 nitrogen and oxygen atoms in total. The molecule has 5 aromatic rings. The lowest BCUT2D eigenvalue weighted by molar-refractivity contribution is -0.297. The van der Waals surface area contributed by atoms with E-state index in [1.165, 1.54) is 0 Å². The topological polar surface area (TPSA) is 71.6 Å². The molecule has 210 valence electrons. The lowest BCUT2D eigenvalue weighted by atomic mass is 9.81. The van der Waals surface area contributed by atoms with Gasteiger partial charge in [0.1, 0.15) is 23.4 Å². The van der Waals surface area contributed by atoms with E-state index in [0.29, 0.717) is 22.8 Å². The number of carbonyl (C=O) groups excluding carboxylic acids is 1. The molecule has 44 heavy (non-hydrogen) atoms. The quantitative estimate of drug-likeness (QED) is 0.162. The number of allylic oxidation sites excluding steroid dienone is 4. The molecule has 0 N–H and O–H groups in total. The summed E-state index contributed by atoms with van der Waals surface area (Å²) in [6.07, 6.45) is 6.80. The lowest BCUT2D eigenvalue weighted by Crippen LogP contribution is -2.31. The lowest BCUT2D eigenvalue weighted by Gasteiger charge is -2.31. The smallest absolute Gasteiger partial charge is 0.328 e. The molecular weight excluding hydrogens is 544 g/mol. The summed E-state index contributed by atoms with van der Waals surface area (Å²) in [4.78, 5) is 24.7. The highest BCUT2D eigenvalue weighted by atomic mass is 16.3. The van der Waals surface area contributed by atoms with Gasteiger partial charge in [-0.1, -0.05) is 78.6 Å². The number of rotatable bonds is 6. The number of amidine groups is 1. The minimum absolute atomic E-state index is 0.143. The second-order valence-electron chi connectivity index (χ2n) is 10.2. The third-order valence-electron chi connectivity index (χ3n) is 7.50. The van der Waals surface area contributed by atoms with Crippen molar-refractivity contribution in [1.82, 2.24) is 9.56 Å². The molecule has 0 fully saturated rings. The highest BCUT2D eigenvalue weighted by molar-refractivity contribution is 6.40. The van der Waals surface area contributed by atoms with E-state index in [1.54, 1.807) is 24.6 Å². The Hall–Kier alpha value is -6.14. The number of benzene rings is 4. The molecule has 1 aliphatic heterocycles. The Kier molecular flexibility index (Phi) is 7.06. The van der Waals surface area contributed by atoms with E-state index in [9.17, 15) is 9.90 Å². The Morgan fingerprint density at radius 1 is 0.614 bits per heavy atom. The van der Waals surface area contributed by atoms with Gasteiger partial charge in [0.2, 0.25) is 0 Å². The molecule has 1 aliphatic carbocycles. The van der Waals surface area contributed by atoms with Gasteiger partial charge in [0.25, 0.3) is 0 Å². The second-order valence-corrected chi connectivity index (χ2v) is 10.2. The van der Waals surface area contributed by atoms with Crippen molar-refractivity contribution in [3.8, 4) is 0 Å². The van der Waals surface area contributed by atoms with E-state index >= 15 is 0 Å². The summed E-state index contributed by atoms with van der Waals surface area (Å²) in [5.41, 5.74) is 5.09. The van der Waals surface area contributed by atoms with Gasteiger partial charge in [-0.2, -0.15) is 4.58 Å². The van der Waals surface area contributed by atoms with Crippen LogP contribution in [0.15, 0.2) is 174 Å². The van der Waals surface area contributed by atoms with Crippen molar-refractivity contribution in [2.24, 2.45) is 4.99 Å². The maximum Gasteiger partial charge on any atom is 0.328 e. The maximum absolute atomic E-state index is 13.3. The predicted octanol–water partition coefficient (Wildman–Crippen LogP) is 7.08. The molecule has 0 bridgehead atoms. The SMILES string of the molecule is O=C1C(c2ccc(N(c3ccccc3)c3ccccc3)nc2)=C([O-])/C1=C1\C=CC(=[N+](c2ccccc2)c2ccccc2)N=C1. The molecule has 2 aliphatic rings. The maximum atomic E-state index is 13.3. The molecule has 0 amide bonds. The van der Waals surface area contributed by atoms with Crippen LogP contribution in [-0.2, 0) is 4.79 Å². The first-order chi connectivity index (χ1) is 21.7. The molecular formula is C38H26N4O2. The number of pyridine rings is 1. The Morgan fingerprint density at radius 3 is 1.61 bits per heavy atom. The van der Waals surface area contributed by atoms with E-state index in [1.807, 2.05) is 143 Å². The Morgan fingerprint density at radius 2 is 1.16 bits per heavy atom. The highest BCUT2D eigenvalue weighted by Crippen LogP contribution is 2.38. The van der Waals surface area contributed by atoms with E-state index in [0.717, 1.165) is 22.7 Å².